The predicted octanol–water partition coefficient (Wildman–Crippen LogP) is 2.88. The Morgan fingerprint density at radius 3 is 2.73 bits per heavy atom. The van der Waals surface area contributed by atoms with Crippen LogP contribution in [0.25, 0.3) is 5.52 Å². The van der Waals surface area contributed by atoms with Gasteiger partial charge in [-0.2, -0.15) is 5.26 Å². The summed E-state index contributed by atoms with van der Waals surface area (Å²) in [5.74, 6) is -0.632. The van der Waals surface area contributed by atoms with Gasteiger partial charge in [0.15, 0.2) is 9.84 Å². The molecule has 6 nitrogen and oxygen atoms in total. The lowest BCUT2D eigenvalue weighted by atomic mass is 10.1. The third-order valence-electron chi connectivity index (χ3n) is 4.09. The molecule has 0 unspecified atom stereocenters. The van der Waals surface area contributed by atoms with E-state index in [2.05, 4.69) is 6.07 Å². The fraction of sp³-hybridized carbons (Fsp3) is 0.158. The van der Waals surface area contributed by atoms with Crippen molar-refractivity contribution in [3.63, 3.8) is 0 Å². The van der Waals surface area contributed by atoms with Gasteiger partial charge in [0.2, 0.25) is 0 Å². The van der Waals surface area contributed by atoms with Crippen LogP contribution in [0.4, 0.5) is 0 Å². The molecule has 0 atom stereocenters. The number of benzene rings is 1. The van der Waals surface area contributed by atoms with Gasteiger partial charge in [-0.25, -0.2) is 13.2 Å². The Hall–Kier alpha value is -3.11. The Balaban J connectivity index is 1.87. The summed E-state index contributed by atoms with van der Waals surface area (Å²) < 4.78 is 30.5. The largest absolute Gasteiger partial charge is 0.457 e. The monoisotopic (exact) mass is 368 g/mol. The smallest absolute Gasteiger partial charge is 0.338 e. The molecule has 0 spiro atoms. The van der Waals surface area contributed by atoms with Gasteiger partial charge in [0.25, 0.3) is 0 Å². The average molecular weight is 368 g/mol. The van der Waals surface area contributed by atoms with E-state index in [1.807, 2.05) is 18.2 Å². The summed E-state index contributed by atoms with van der Waals surface area (Å²) >= 11 is 0. The molecule has 2 aromatic heterocycles. The summed E-state index contributed by atoms with van der Waals surface area (Å²) in [6.45, 7) is 1.63. The number of sulfone groups is 1. The summed E-state index contributed by atoms with van der Waals surface area (Å²) in [4.78, 5) is 12.5. The molecule has 0 fully saturated rings. The van der Waals surface area contributed by atoms with E-state index in [4.69, 9.17) is 4.74 Å². The lowest BCUT2D eigenvalue weighted by molar-refractivity contribution is 0.0471. The van der Waals surface area contributed by atoms with Gasteiger partial charge in [-0.1, -0.05) is 12.1 Å². The Bertz CT molecular complexity index is 1150. The van der Waals surface area contributed by atoms with Gasteiger partial charge >= 0.3 is 5.97 Å². The van der Waals surface area contributed by atoms with Crippen LogP contribution in [-0.4, -0.2) is 25.0 Å². The molecule has 0 N–H and O–H groups in total. The van der Waals surface area contributed by atoms with E-state index in [1.165, 1.54) is 12.1 Å². The van der Waals surface area contributed by atoms with Gasteiger partial charge in [0, 0.05) is 24.2 Å². The standard InChI is InChI=1S/C19H16N2O4S/c1-13-6-7-15(26(2,23)24)9-16(13)19(22)25-12-14-11-21-8-4-3-5-18(21)17(14)10-20/h3-9,11H,12H2,1-2H3. The number of carbonyl (C=O) groups is 1. The summed E-state index contributed by atoms with van der Waals surface area (Å²) in [6, 6.07) is 11.9. The molecule has 0 aliphatic heterocycles. The zero-order chi connectivity index (χ0) is 18.9. The minimum atomic E-state index is -3.42. The zero-order valence-electron chi connectivity index (χ0n) is 14.3. The molecule has 0 amide bonds. The number of pyridine rings is 1. The van der Waals surface area contributed by atoms with Crippen molar-refractivity contribution in [1.82, 2.24) is 4.40 Å². The normalized spacial score (nSPS) is 11.3. The quantitative estimate of drug-likeness (QED) is 0.661. The number of esters is 1. The number of aryl methyl sites for hydroxylation is 1. The zero-order valence-corrected chi connectivity index (χ0v) is 15.1. The molecule has 132 valence electrons. The van der Waals surface area contributed by atoms with Crippen LogP contribution in [-0.2, 0) is 21.2 Å². The minimum absolute atomic E-state index is 0.0577. The molecule has 1 aromatic carbocycles. The van der Waals surface area contributed by atoms with E-state index in [0.29, 0.717) is 16.7 Å². The highest BCUT2D eigenvalue weighted by Crippen LogP contribution is 2.21. The number of carbonyl (C=O) groups excluding carboxylic acids is 1. The summed E-state index contributed by atoms with van der Waals surface area (Å²) in [6.07, 6.45) is 4.63. The summed E-state index contributed by atoms with van der Waals surface area (Å²) in [5.41, 5.74) is 2.57. The van der Waals surface area contributed by atoms with Crippen molar-refractivity contribution in [3.8, 4) is 6.07 Å². The minimum Gasteiger partial charge on any atom is -0.457 e. The number of ether oxygens (including phenoxy) is 1. The number of nitrogens with zero attached hydrogens (tertiary/aromatic N) is 2. The highest BCUT2D eigenvalue weighted by Gasteiger charge is 2.17. The summed E-state index contributed by atoms with van der Waals surface area (Å²) in [7, 11) is -3.42. The Morgan fingerprint density at radius 1 is 1.27 bits per heavy atom. The molecule has 7 heteroatoms. The van der Waals surface area contributed by atoms with E-state index < -0.39 is 15.8 Å². The lowest BCUT2D eigenvalue weighted by Crippen LogP contribution is -2.09. The SMILES string of the molecule is Cc1ccc(S(C)(=O)=O)cc1C(=O)OCc1cn2ccccc2c1C#N. The lowest BCUT2D eigenvalue weighted by Gasteiger charge is -2.08. The van der Waals surface area contributed by atoms with E-state index in [1.54, 1.807) is 29.8 Å². The number of fused-ring (bicyclic) bond motifs is 1. The van der Waals surface area contributed by atoms with Crippen LogP contribution in [0.1, 0.15) is 27.0 Å². The maximum atomic E-state index is 12.4. The Morgan fingerprint density at radius 2 is 2.04 bits per heavy atom. The van der Waals surface area contributed by atoms with E-state index in [0.717, 1.165) is 11.8 Å². The average Bonchev–Trinajstić information content (AvgIpc) is 2.96. The molecule has 3 aromatic rings. The summed E-state index contributed by atoms with van der Waals surface area (Å²) in [5, 5.41) is 9.39. The topological polar surface area (TPSA) is 88.6 Å². The van der Waals surface area contributed by atoms with Crippen molar-refractivity contribution >= 4 is 21.3 Å². The maximum absolute atomic E-state index is 12.4. The highest BCUT2D eigenvalue weighted by atomic mass is 32.2. The van der Waals surface area contributed by atoms with E-state index in [-0.39, 0.29) is 17.1 Å². The maximum Gasteiger partial charge on any atom is 0.338 e. The molecule has 3 rings (SSSR count). The molecule has 2 heterocycles. The van der Waals surface area contributed by atoms with Gasteiger partial charge in [-0.15, -0.1) is 0 Å². The van der Waals surface area contributed by atoms with Crippen molar-refractivity contribution in [2.24, 2.45) is 0 Å². The Labute approximate surface area is 151 Å². The van der Waals surface area contributed by atoms with Crippen LogP contribution < -0.4 is 0 Å². The number of rotatable bonds is 4. The molecule has 0 saturated heterocycles. The van der Waals surface area contributed by atoms with Crippen LogP contribution >= 0.6 is 0 Å². The van der Waals surface area contributed by atoms with Gasteiger partial charge < -0.3 is 9.14 Å². The molecular weight excluding hydrogens is 352 g/mol. The number of hydrogen-bond donors (Lipinski definition) is 0. The number of aromatic nitrogens is 1. The first-order valence-electron chi connectivity index (χ1n) is 7.78. The van der Waals surface area contributed by atoms with E-state index in [9.17, 15) is 18.5 Å². The fourth-order valence-electron chi connectivity index (χ4n) is 2.69. The van der Waals surface area contributed by atoms with Crippen LogP contribution in [0.15, 0.2) is 53.7 Å². The fourth-order valence-corrected chi connectivity index (χ4v) is 3.34. The Kier molecular flexibility index (Phi) is 4.53. The second kappa shape index (κ2) is 6.65. The third-order valence-corrected chi connectivity index (χ3v) is 5.20. The first-order chi connectivity index (χ1) is 12.3. The second-order valence-corrected chi connectivity index (χ2v) is 7.98. The van der Waals surface area contributed by atoms with Gasteiger partial charge in [-0.3, -0.25) is 0 Å². The molecular formula is C19H16N2O4S. The van der Waals surface area contributed by atoms with Crippen LogP contribution in [0.3, 0.4) is 0 Å². The second-order valence-electron chi connectivity index (χ2n) is 5.96. The predicted molar refractivity (Wildman–Crippen MR) is 95.5 cm³/mol. The van der Waals surface area contributed by atoms with Crippen molar-refractivity contribution in [3.05, 3.63) is 71.0 Å². The molecule has 0 aliphatic carbocycles. The van der Waals surface area contributed by atoms with Crippen LogP contribution in [0.2, 0.25) is 0 Å². The van der Waals surface area contributed by atoms with Crippen LogP contribution in [0.5, 0.6) is 0 Å². The first-order valence-corrected chi connectivity index (χ1v) is 9.67. The van der Waals surface area contributed by atoms with Crippen LogP contribution in [0, 0.1) is 18.3 Å². The number of hydrogen-bond acceptors (Lipinski definition) is 5. The van der Waals surface area contributed by atoms with Gasteiger partial charge in [0.05, 0.1) is 21.5 Å². The molecule has 26 heavy (non-hydrogen) atoms. The molecule has 0 radical (unpaired) electrons. The van der Waals surface area contributed by atoms with Crippen molar-refractivity contribution < 1.29 is 17.9 Å². The van der Waals surface area contributed by atoms with Crippen molar-refractivity contribution in [1.29, 1.82) is 5.26 Å². The number of nitriles is 1. The van der Waals surface area contributed by atoms with Crippen molar-refractivity contribution in [2.45, 2.75) is 18.4 Å². The first kappa shape index (κ1) is 17.7. The molecule has 0 aliphatic rings. The molecule has 0 bridgehead atoms. The third kappa shape index (κ3) is 3.32. The van der Waals surface area contributed by atoms with Gasteiger partial charge in [0.1, 0.15) is 12.7 Å². The van der Waals surface area contributed by atoms with Crippen molar-refractivity contribution in [2.75, 3.05) is 6.26 Å². The highest BCUT2D eigenvalue weighted by molar-refractivity contribution is 7.90. The van der Waals surface area contributed by atoms with E-state index >= 15 is 0 Å². The van der Waals surface area contributed by atoms with Gasteiger partial charge in [-0.05, 0) is 36.8 Å². The molecule has 0 saturated carbocycles.